The second-order valence-corrected chi connectivity index (χ2v) is 6.31. The number of rotatable bonds is 6. The number of H-pyrrole nitrogens is 1. The molecule has 2 heterocycles. The Bertz CT molecular complexity index is 1170. The third-order valence-electron chi connectivity index (χ3n) is 4.15. The summed E-state index contributed by atoms with van der Waals surface area (Å²) in [5, 5.41) is 6.90. The van der Waals surface area contributed by atoms with Crippen LogP contribution in [0.5, 0.6) is 6.01 Å². The Kier molecular flexibility index (Phi) is 5.13. The van der Waals surface area contributed by atoms with E-state index < -0.39 is 11.7 Å². The summed E-state index contributed by atoms with van der Waals surface area (Å²) in [6.45, 7) is 2.09. The lowest BCUT2D eigenvalue weighted by molar-refractivity contribution is -0.137. The van der Waals surface area contributed by atoms with Crippen molar-refractivity contribution < 1.29 is 17.9 Å². The van der Waals surface area contributed by atoms with Crippen LogP contribution in [0.2, 0.25) is 0 Å². The third-order valence-corrected chi connectivity index (χ3v) is 4.15. The zero-order valence-electron chi connectivity index (χ0n) is 15.8. The zero-order chi connectivity index (χ0) is 21.1. The molecule has 0 saturated carbocycles. The summed E-state index contributed by atoms with van der Waals surface area (Å²) in [6, 6.07) is 12.5. The van der Waals surface area contributed by atoms with Gasteiger partial charge in [0.25, 0.3) is 0 Å². The number of aromatic amines is 1. The fourth-order valence-corrected chi connectivity index (χ4v) is 2.82. The van der Waals surface area contributed by atoms with Crippen LogP contribution in [0.25, 0.3) is 10.9 Å². The third kappa shape index (κ3) is 4.43. The largest absolute Gasteiger partial charge is 0.464 e. The molecule has 0 saturated heterocycles. The molecule has 4 aromatic rings. The smallest absolute Gasteiger partial charge is 0.416 e. The highest BCUT2D eigenvalue weighted by atomic mass is 19.4. The molecule has 0 amide bonds. The predicted molar refractivity (Wildman–Crippen MR) is 107 cm³/mol. The molecule has 0 spiro atoms. The fourth-order valence-electron chi connectivity index (χ4n) is 2.82. The van der Waals surface area contributed by atoms with Crippen LogP contribution in [-0.2, 0) is 6.18 Å². The van der Waals surface area contributed by atoms with Gasteiger partial charge in [0.2, 0.25) is 11.9 Å². The van der Waals surface area contributed by atoms with E-state index in [1.165, 1.54) is 12.1 Å². The van der Waals surface area contributed by atoms with Crippen LogP contribution in [0.1, 0.15) is 12.5 Å². The highest BCUT2D eigenvalue weighted by Gasteiger charge is 2.30. The number of hydrogen-bond acceptors (Lipinski definition) is 6. The van der Waals surface area contributed by atoms with E-state index in [2.05, 4.69) is 30.6 Å². The van der Waals surface area contributed by atoms with Crippen LogP contribution < -0.4 is 15.4 Å². The molecule has 30 heavy (non-hydrogen) atoms. The number of aromatic nitrogens is 4. The SMILES string of the molecule is CCOc1nc(Nc2cccc(C(F)(F)F)c2)nc(Nc2ccc3cc[nH]c3c2)n1. The maximum atomic E-state index is 13.0. The zero-order valence-corrected chi connectivity index (χ0v) is 15.8. The molecule has 0 radical (unpaired) electrons. The Balaban J connectivity index is 1.62. The van der Waals surface area contributed by atoms with Gasteiger partial charge in [0.05, 0.1) is 12.2 Å². The van der Waals surface area contributed by atoms with Crippen LogP contribution in [0.3, 0.4) is 0 Å². The van der Waals surface area contributed by atoms with E-state index >= 15 is 0 Å². The first kappa shape index (κ1) is 19.5. The standard InChI is InChI=1S/C20H17F3N6O/c1-2-30-19-28-17(25-14-5-3-4-13(10-14)20(21,22)23)27-18(29-19)26-15-7-6-12-8-9-24-16(12)11-15/h3-11,24H,2H2,1H3,(H2,25,26,27,28,29). The van der Waals surface area contributed by atoms with Crippen molar-refractivity contribution in [2.75, 3.05) is 17.2 Å². The highest BCUT2D eigenvalue weighted by Crippen LogP contribution is 2.31. The van der Waals surface area contributed by atoms with Gasteiger partial charge < -0.3 is 20.4 Å². The number of nitrogens with zero attached hydrogens (tertiary/aromatic N) is 3. The number of ether oxygens (including phenoxy) is 1. The lowest BCUT2D eigenvalue weighted by Crippen LogP contribution is -2.08. The summed E-state index contributed by atoms with van der Waals surface area (Å²) >= 11 is 0. The number of nitrogens with one attached hydrogen (secondary N) is 3. The van der Waals surface area contributed by atoms with E-state index in [4.69, 9.17) is 4.74 Å². The molecule has 10 heteroatoms. The van der Waals surface area contributed by atoms with Gasteiger partial charge in [-0.05, 0) is 48.7 Å². The monoisotopic (exact) mass is 414 g/mol. The lowest BCUT2D eigenvalue weighted by atomic mass is 10.2. The summed E-state index contributed by atoms with van der Waals surface area (Å²) in [6.07, 6.45) is -2.61. The van der Waals surface area contributed by atoms with Crippen molar-refractivity contribution in [2.45, 2.75) is 13.1 Å². The molecule has 0 atom stereocenters. The summed E-state index contributed by atoms with van der Waals surface area (Å²) < 4.78 is 44.3. The van der Waals surface area contributed by atoms with E-state index in [0.717, 1.165) is 28.7 Å². The van der Waals surface area contributed by atoms with Gasteiger partial charge in [0.15, 0.2) is 0 Å². The summed E-state index contributed by atoms with van der Waals surface area (Å²) in [4.78, 5) is 15.7. The van der Waals surface area contributed by atoms with Gasteiger partial charge >= 0.3 is 12.2 Å². The Morgan fingerprint density at radius 2 is 1.67 bits per heavy atom. The van der Waals surface area contributed by atoms with Gasteiger partial charge in [-0.2, -0.15) is 28.1 Å². The van der Waals surface area contributed by atoms with Gasteiger partial charge in [-0.3, -0.25) is 0 Å². The average Bonchev–Trinajstić information content (AvgIpc) is 3.15. The van der Waals surface area contributed by atoms with Crippen molar-refractivity contribution >= 4 is 34.2 Å². The molecular formula is C20H17F3N6O. The lowest BCUT2D eigenvalue weighted by Gasteiger charge is -2.12. The Labute approximate surface area is 169 Å². The van der Waals surface area contributed by atoms with Gasteiger partial charge in [-0.1, -0.05) is 12.1 Å². The van der Waals surface area contributed by atoms with Crippen molar-refractivity contribution in [1.29, 1.82) is 0 Å². The maximum absolute atomic E-state index is 13.0. The van der Waals surface area contributed by atoms with Crippen molar-refractivity contribution in [3.8, 4) is 6.01 Å². The van der Waals surface area contributed by atoms with Crippen LogP contribution in [0.4, 0.5) is 36.4 Å². The normalized spacial score (nSPS) is 11.5. The number of fused-ring (bicyclic) bond motifs is 1. The van der Waals surface area contributed by atoms with Crippen LogP contribution >= 0.6 is 0 Å². The summed E-state index contributed by atoms with van der Waals surface area (Å²) in [5.41, 5.74) is 1.08. The topological polar surface area (TPSA) is 87.8 Å². The van der Waals surface area contributed by atoms with Crippen LogP contribution in [0.15, 0.2) is 54.7 Å². The Hall–Kier alpha value is -3.82. The molecule has 3 N–H and O–H groups in total. The van der Waals surface area contributed by atoms with Crippen molar-refractivity contribution in [2.24, 2.45) is 0 Å². The number of halogens is 3. The van der Waals surface area contributed by atoms with E-state index in [1.54, 1.807) is 6.92 Å². The van der Waals surface area contributed by atoms with E-state index in [-0.39, 0.29) is 23.6 Å². The van der Waals surface area contributed by atoms with Crippen molar-refractivity contribution in [1.82, 2.24) is 19.9 Å². The minimum absolute atomic E-state index is 0.0467. The Morgan fingerprint density at radius 1 is 0.933 bits per heavy atom. The molecule has 0 aliphatic heterocycles. The molecular weight excluding hydrogens is 397 g/mol. The molecule has 0 aliphatic carbocycles. The van der Waals surface area contributed by atoms with Crippen molar-refractivity contribution in [3.05, 3.63) is 60.3 Å². The number of benzene rings is 2. The number of alkyl halides is 3. The predicted octanol–water partition coefficient (Wildman–Crippen LogP) is 5.26. The first-order valence-electron chi connectivity index (χ1n) is 9.08. The van der Waals surface area contributed by atoms with E-state index in [9.17, 15) is 13.2 Å². The van der Waals surface area contributed by atoms with Gasteiger partial charge in [0, 0.05) is 23.1 Å². The summed E-state index contributed by atoms with van der Waals surface area (Å²) in [7, 11) is 0. The molecule has 0 bridgehead atoms. The highest BCUT2D eigenvalue weighted by molar-refractivity contribution is 5.83. The van der Waals surface area contributed by atoms with Gasteiger partial charge in [-0.15, -0.1) is 0 Å². The van der Waals surface area contributed by atoms with E-state index in [0.29, 0.717) is 6.61 Å². The first-order chi connectivity index (χ1) is 14.4. The molecule has 2 aromatic heterocycles. The summed E-state index contributed by atoms with van der Waals surface area (Å²) in [5.74, 6) is 0.241. The second-order valence-electron chi connectivity index (χ2n) is 6.31. The Morgan fingerprint density at radius 3 is 2.37 bits per heavy atom. The molecule has 0 aliphatic rings. The number of anilines is 4. The van der Waals surface area contributed by atoms with Gasteiger partial charge in [0.1, 0.15) is 0 Å². The first-order valence-corrected chi connectivity index (χ1v) is 9.08. The molecule has 4 rings (SSSR count). The van der Waals surface area contributed by atoms with E-state index in [1.807, 2.05) is 30.5 Å². The molecule has 0 fully saturated rings. The van der Waals surface area contributed by atoms with Gasteiger partial charge in [-0.25, -0.2) is 0 Å². The average molecular weight is 414 g/mol. The number of hydrogen-bond donors (Lipinski definition) is 3. The fraction of sp³-hybridized carbons (Fsp3) is 0.150. The minimum atomic E-state index is -4.45. The molecule has 154 valence electrons. The minimum Gasteiger partial charge on any atom is -0.464 e. The molecule has 7 nitrogen and oxygen atoms in total. The van der Waals surface area contributed by atoms with Crippen LogP contribution in [-0.4, -0.2) is 26.5 Å². The molecule has 0 unspecified atom stereocenters. The van der Waals surface area contributed by atoms with Crippen molar-refractivity contribution in [3.63, 3.8) is 0 Å². The second kappa shape index (κ2) is 7.90. The van der Waals surface area contributed by atoms with Crippen LogP contribution in [0, 0.1) is 0 Å². The quantitative estimate of drug-likeness (QED) is 0.399. The molecule has 2 aromatic carbocycles. The maximum Gasteiger partial charge on any atom is 0.416 e.